The van der Waals surface area contributed by atoms with Crippen molar-refractivity contribution >= 4 is 22.5 Å². The number of amides is 1. The number of pyridine rings is 1. The van der Waals surface area contributed by atoms with Gasteiger partial charge in [-0.2, -0.15) is 8.78 Å². The highest BCUT2D eigenvalue weighted by atomic mass is 19.3. The Morgan fingerprint density at radius 3 is 2.74 bits per heavy atom. The number of fused-ring (bicyclic) bond motifs is 1. The number of rotatable bonds is 4. The number of aromatic nitrogens is 1. The second-order valence-electron chi connectivity index (χ2n) is 4.74. The first-order valence-electron chi connectivity index (χ1n) is 6.83. The largest absolute Gasteiger partial charge is 0.435 e. The summed E-state index contributed by atoms with van der Waals surface area (Å²) >= 11 is 0. The van der Waals surface area contributed by atoms with Gasteiger partial charge in [0.05, 0.1) is 11.2 Å². The third-order valence-electron chi connectivity index (χ3n) is 3.22. The first-order chi connectivity index (χ1) is 11.1. The summed E-state index contributed by atoms with van der Waals surface area (Å²) in [5.41, 5.74) is 1.57. The summed E-state index contributed by atoms with van der Waals surface area (Å²) in [5.74, 6) is -0.478. The maximum atomic E-state index is 12.3. The summed E-state index contributed by atoms with van der Waals surface area (Å²) in [5, 5.41) is 3.55. The Bertz CT molecular complexity index is 847. The van der Waals surface area contributed by atoms with Crippen LogP contribution in [0.3, 0.4) is 0 Å². The number of benzene rings is 2. The molecule has 23 heavy (non-hydrogen) atoms. The monoisotopic (exact) mass is 314 g/mol. The van der Waals surface area contributed by atoms with Gasteiger partial charge in [-0.15, -0.1) is 0 Å². The van der Waals surface area contributed by atoms with Crippen molar-refractivity contribution in [2.45, 2.75) is 6.61 Å². The summed E-state index contributed by atoms with van der Waals surface area (Å²) in [7, 11) is 0. The lowest BCUT2D eigenvalue weighted by Gasteiger charge is -2.09. The van der Waals surface area contributed by atoms with Crippen LogP contribution in [0.25, 0.3) is 10.9 Å². The van der Waals surface area contributed by atoms with Gasteiger partial charge >= 0.3 is 6.61 Å². The molecule has 0 atom stereocenters. The molecule has 116 valence electrons. The molecule has 1 N–H and O–H groups in total. The lowest BCUT2D eigenvalue weighted by molar-refractivity contribution is -0.0498. The van der Waals surface area contributed by atoms with Crippen LogP contribution < -0.4 is 10.1 Å². The fraction of sp³-hybridized carbons (Fsp3) is 0.0588. The molecule has 1 heterocycles. The van der Waals surface area contributed by atoms with E-state index in [2.05, 4.69) is 15.0 Å². The number of hydrogen-bond donors (Lipinski definition) is 1. The number of halogens is 2. The van der Waals surface area contributed by atoms with E-state index in [1.807, 2.05) is 12.1 Å². The van der Waals surface area contributed by atoms with Crippen LogP contribution in [-0.2, 0) is 0 Å². The number of nitrogens with one attached hydrogen (secondary N) is 1. The van der Waals surface area contributed by atoms with E-state index in [4.69, 9.17) is 0 Å². The lowest BCUT2D eigenvalue weighted by Crippen LogP contribution is -2.12. The van der Waals surface area contributed by atoms with Gasteiger partial charge < -0.3 is 10.1 Å². The van der Waals surface area contributed by atoms with Gasteiger partial charge in [-0.1, -0.05) is 12.1 Å². The third-order valence-corrected chi connectivity index (χ3v) is 3.22. The van der Waals surface area contributed by atoms with E-state index in [1.165, 1.54) is 24.3 Å². The Balaban J connectivity index is 1.86. The minimum Gasteiger partial charge on any atom is -0.435 e. The average molecular weight is 314 g/mol. The van der Waals surface area contributed by atoms with Gasteiger partial charge in [0.2, 0.25) is 0 Å². The van der Waals surface area contributed by atoms with Crippen molar-refractivity contribution in [3.05, 3.63) is 66.4 Å². The van der Waals surface area contributed by atoms with Crippen molar-refractivity contribution < 1.29 is 18.3 Å². The molecule has 2 aromatic carbocycles. The van der Waals surface area contributed by atoms with E-state index in [0.717, 1.165) is 10.9 Å². The standard InChI is InChI=1S/C17H12F2N2O2/c18-17(19)23-12-5-1-4-11(10-12)16(22)21-15-8-2-7-14-13(15)6-3-9-20-14/h1-10,17H,(H,21,22). The highest BCUT2D eigenvalue weighted by molar-refractivity contribution is 6.08. The van der Waals surface area contributed by atoms with Crippen LogP contribution in [0.15, 0.2) is 60.8 Å². The summed E-state index contributed by atoms with van der Waals surface area (Å²) in [4.78, 5) is 16.5. The zero-order valence-electron chi connectivity index (χ0n) is 11.9. The quantitative estimate of drug-likeness (QED) is 0.789. The summed E-state index contributed by atoms with van der Waals surface area (Å²) < 4.78 is 28.8. The summed E-state index contributed by atoms with van der Waals surface area (Å²) in [6.07, 6.45) is 1.67. The van der Waals surface area contributed by atoms with Crippen molar-refractivity contribution in [1.29, 1.82) is 0 Å². The minimum atomic E-state index is -2.93. The Labute approximate surface area is 130 Å². The van der Waals surface area contributed by atoms with Crippen LogP contribution in [-0.4, -0.2) is 17.5 Å². The molecule has 0 radical (unpaired) electrons. The average Bonchev–Trinajstić information content (AvgIpc) is 2.55. The molecule has 6 heteroatoms. The number of carbonyl (C=O) groups is 1. The summed E-state index contributed by atoms with van der Waals surface area (Å²) in [6.45, 7) is -2.93. The molecular formula is C17H12F2N2O2. The molecule has 0 unspecified atom stereocenters. The third kappa shape index (κ3) is 3.42. The van der Waals surface area contributed by atoms with Gasteiger partial charge in [0.25, 0.3) is 5.91 Å². The van der Waals surface area contributed by atoms with Gasteiger partial charge in [0, 0.05) is 17.1 Å². The van der Waals surface area contributed by atoms with Crippen LogP contribution in [0, 0.1) is 0 Å². The molecule has 0 aliphatic heterocycles. The predicted molar refractivity (Wildman–Crippen MR) is 82.8 cm³/mol. The van der Waals surface area contributed by atoms with Crippen LogP contribution in [0.2, 0.25) is 0 Å². The Kier molecular flexibility index (Phi) is 4.14. The maximum Gasteiger partial charge on any atom is 0.387 e. The van der Waals surface area contributed by atoms with Gasteiger partial charge in [0.15, 0.2) is 0 Å². The number of ether oxygens (including phenoxy) is 1. The van der Waals surface area contributed by atoms with Gasteiger partial charge in [-0.25, -0.2) is 0 Å². The smallest absolute Gasteiger partial charge is 0.387 e. The topological polar surface area (TPSA) is 51.2 Å². The fourth-order valence-corrected chi connectivity index (χ4v) is 2.22. The highest BCUT2D eigenvalue weighted by Crippen LogP contribution is 2.23. The molecule has 0 spiro atoms. The molecule has 0 fully saturated rings. The maximum absolute atomic E-state index is 12.3. The van der Waals surface area contributed by atoms with Gasteiger partial charge in [-0.3, -0.25) is 9.78 Å². The first kappa shape index (κ1) is 14.9. The number of carbonyl (C=O) groups excluding carboxylic acids is 1. The van der Waals surface area contributed by atoms with Crippen LogP contribution in [0.5, 0.6) is 5.75 Å². The van der Waals surface area contributed by atoms with Crippen LogP contribution in [0.1, 0.15) is 10.4 Å². The van der Waals surface area contributed by atoms with Gasteiger partial charge in [0.1, 0.15) is 5.75 Å². The minimum absolute atomic E-state index is 0.0627. The molecule has 4 nitrogen and oxygen atoms in total. The number of hydrogen-bond acceptors (Lipinski definition) is 3. The van der Waals surface area contributed by atoms with E-state index in [0.29, 0.717) is 5.69 Å². The van der Waals surface area contributed by atoms with Gasteiger partial charge in [-0.05, 0) is 42.5 Å². The molecule has 0 bridgehead atoms. The second-order valence-corrected chi connectivity index (χ2v) is 4.74. The van der Waals surface area contributed by atoms with E-state index in [-0.39, 0.29) is 11.3 Å². The van der Waals surface area contributed by atoms with Crippen molar-refractivity contribution in [3.63, 3.8) is 0 Å². The van der Waals surface area contributed by atoms with E-state index >= 15 is 0 Å². The van der Waals surface area contributed by atoms with E-state index in [9.17, 15) is 13.6 Å². The van der Waals surface area contributed by atoms with Crippen LogP contribution >= 0.6 is 0 Å². The number of nitrogens with zero attached hydrogens (tertiary/aromatic N) is 1. The van der Waals surface area contributed by atoms with Crippen LogP contribution in [0.4, 0.5) is 14.5 Å². The summed E-state index contributed by atoms with van der Waals surface area (Å²) in [6, 6.07) is 14.6. The molecule has 0 saturated heterocycles. The van der Waals surface area contributed by atoms with E-state index in [1.54, 1.807) is 24.4 Å². The first-order valence-corrected chi connectivity index (χ1v) is 6.83. The molecule has 1 aromatic heterocycles. The predicted octanol–water partition coefficient (Wildman–Crippen LogP) is 4.09. The zero-order valence-corrected chi connectivity index (χ0v) is 11.9. The van der Waals surface area contributed by atoms with Crippen molar-refractivity contribution in [2.75, 3.05) is 5.32 Å². The van der Waals surface area contributed by atoms with Crippen molar-refractivity contribution in [3.8, 4) is 5.75 Å². The Morgan fingerprint density at radius 2 is 1.91 bits per heavy atom. The second kappa shape index (κ2) is 6.39. The molecule has 3 rings (SSSR count). The lowest BCUT2D eigenvalue weighted by atomic mass is 10.1. The molecular weight excluding hydrogens is 302 g/mol. The Morgan fingerprint density at radius 1 is 1.09 bits per heavy atom. The normalized spacial score (nSPS) is 10.7. The Hall–Kier alpha value is -3.02. The number of alkyl halides is 2. The molecule has 1 amide bonds. The molecule has 0 saturated carbocycles. The molecule has 3 aromatic rings. The molecule has 0 aliphatic rings. The zero-order chi connectivity index (χ0) is 16.2. The fourth-order valence-electron chi connectivity index (χ4n) is 2.22. The SMILES string of the molecule is O=C(Nc1cccc2ncccc12)c1cccc(OC(F)F)c1. The van der Waals surface area contributed by atoms with Crippen molar-refractivity contribution in [2.24, 2.45) is 0 Å². The molecule has 0 aliphatic carbocycles. The van der Waals surface area contributed by atoms with Crippen molar-refractivity contribution in [1.82, 2.24) is 4.98 Å². The highest BCUT2D eigenvalue weighted by Gasteiger charge is 2.11. The van der Waals surface area contributed by atoms with E-state index < -0.39 is 12.5 Å². The number of anilines is 1.